The predicted molar refractivity (Wildman–Crippen MR) is 101 cm³/mol. The van der Waals surface area contributed by atoms with Crippen molar-refractivity contribution in [2.75, 3.05) is 24.7 Å². The number of hydrogen-bond acceptors (Lipinski definition) is 5. The van der Waals surface area contributed by atoms with E-state index in [-0.39, 0.29) is 23.4 Å². The Bertz CT molecular complexity index is 866. The molecule has 3 rings (SSSR count). The van der Waals surface area contributed by atoms with Crippen LogP contribution in [0.25, 0.3) is 0 Å². The zero-order chi connectivity index (χ0) is 18.0. The molecule has 134 valence electrons. The highest BCUT2D eigenvalue weighted by molar-refractivity contribution is 7.90. The number of benzene rings is 1. The Kier molecular flexibility index (Phi) is 5.48. The van der Waals surface area contributed by atoms with Gasteiger partial charge in [0.2, 0.25) is 5.91 Å². The molecule has 1 N–H and O–H groups in total. The van der Waals surface area contributed by atoms with Crippen molar-refractivity contribution in [1.29, 1.82) is 0 Å². The molecule has 1 aliphatic heterocycles. The smallest absolute Gasteiger partial charge is 0.238 e. The van der Waals surface area contributed by atoms with Crippen molar-refractivity contribution in [3.63, 3.8) is 0 Å². The molecular formula is C17H19ClN2O3S2. The van der Waals surface area contributed by atoms with Gasteiger partial charge in [0, 0.05) is 17.2 Å². The number of hydrogen-bond donors (Lipinski definition) is 1. The van der Waals surface area contributed by atoms with Gasteiger partial charge >= 0.3 is 0 Å². The van der Waals surface area contributed by atoms with Crippen LogP contribution in [0, 0.1) is 0 Å². The Labute approximate surface area is 156 Å². The van der Waals surface area contributed by atoms with Crippen LogP contribution in [0.5, 0.6) is 0 Å². The normalized spacial score (nSPS) is 18.4. The van der Waals surface area contributed by atoms with E-state index in [0.717, 1.165) is 25.6 Å². The maximum atomic E-state index is 12.4. The monoisotopic (exact) mass is 398 g/mol. The van der Waals surface area contributed by atoms with E-state index in [2.05, 4.69) is 16.3 Å². The number of sulfone groups is 1. The molecule has 1 saturated heterocycles. The Morgan fingerprint density at radius 3 is 2.88 bits per heavy atom. The fraction of sp³-hybridized carbons (Fsp3) is 0.353. The standard InChI is InChI=1S/C17H19ClN2O3S2/c1-25(22,23)12-6-7-13(18)14(10-12)19-17(21)11-20-8-2-4-15(20)16-5-3-9-24-16/h3,5-7,9-10,15H,2,4,8,11H2,1H3,(H,19,21). The highest BCUT2D eigenvalue weighted by atomic mass is 35.5. The maximum absolute atomic E-state index is 12.4. The molecule has 2 heterocycles. The molecule has 0 spiro atoms. The molecule has 5 nitrogen and oxygen atoms in total. The minimum Gasteiger partial charge on any atom is -0.324 e. The van der Waals surface area contributed by atoms with Crippen LogP contribution in [-0.2, 0) is 14.6 Å². The van der Waals surface area contributed by atoms with Crippen molar-refractivity contribution >= 4 is 44.4 Å². The topological polar surface area (TPSA) is 66.5 Å². The zero-order valence-corrected chi connectivity index (χ0v) is 16.1. The van der Waals surface area contributed by atoms with Gasteiger partial charge in [-0.1, -0.05) is 17.7 Å². The maximum Gasteiger partial charge on any atom is 0.238 e. The van der Waals surface area contributed by atoms with Gasteiger partial charge in [0.15, 0.2) is 9.84 Å². The summed E-state index contributed by atoms with van der Waals surface area (Å²) in [5.74, 6) is -0.198. The largest absolute Gasteiger partial charge is 0.324 e. The van der Waals surface area contributed by atoms with Crippen molar-refractivity contribution in [3.05, 3.63) is 45.6 Å². The van der Waals surface area contributed by atoms with Crippen molar-refractivity contribution < 1.29 is 13.2 Å². The van der Waals surface area contributed by atoms with E-state index in [1.807, 2.05) is 11.4 Å². The second kappa shape index (κ2) is 7.45. The Morgan fingerprint density at radius 1 is 1.40 bits per heavy atom. The number of nitrogens with zero attached hydrogens (tertiary/aromatic N) is 1. The third-order valence-electron chi connectivity index (χ3n) is 4.22. The number of nitrogens with one attached hydrogen (secondary N) is 1. The minimum absolute atomic E-state index is 0.129. The number of halogens is 1. The Hall–Kier alpha value is -1.41. The number of amides is 1. The molecule has 1 aliphatic rings. The third kappa shape index (κ3) is 4.41. The summed E-state index contributed by atoms with van der Waals surface area (Å²) in [5, 5.41) is 5.10. The molecule has 2 aromatic rings. The zero-order valence-electron chi connectivity index (χ0n) is 13.7. The molecule has 1 atom stereocenters. The van der Waals surface area contributed by atoms with E-state index in [9.17, 15) is 13.2 Å². The van der Waals surface area contributed by atoms with E-state index < -0.39 is 9.84 Å². The van der Waals surface area contributed by atoms with Crippen molar-refractivity contribution in [1.82, 2.24) is 4.90 Å². The van der Waals surface area contributed by atoms with Gasteiger partial charge in [0.1, 0.15) is 0 Å². The summed E-state index contributed by atoms with van der Waals surface area (Å²) in [6.45, 7) is 1.12. The summed E-state index contributed by atoms with van der Waals surface area (Å²) in [4.78, 5) is 16.0. The summed E-state index contributed by atoms with van der Waals surface area (Å²) in [7, 11) is -3.36. The molecule has 0 radical (unpaired) electrons. The van der Waals surface area contributed by atoms with Crippen LogP contribution in [0.4, 0.5) is 5.69 Å². The van der Waals surface area contributed by atoms with Gasteiger partial charge in [0.05, 0.1) is 22.2 Å². The molecule has 1 fully saturated rings. The van der Waals surface area contributed by atoms with Gasteiger partial charge in [-0.2, -0.15) is 0 Å². The second-order valence-electron chi connectivity index (χ2n) is 6.11. The van der Waals surface area contributed by atoms with Crippen LogP contribution < -0.4 is 5.32 Å². The molecule has 0 saturated carbocycles. The quantitative estimate of drug-likeness (QED) is 0.835. The van der Waals surface area contributed by atoms with E-state index in [1.54, 1.807) is 11.3 Å². The van der Waals surface area contributed by atoms with Crippen LogP contribution >= 0.6 is 22.9 Å². The van der Waals surface area contributed by atoms with Gasteiger partial charge in [-0.15, -0.1) is 11.3 Å². The average Bonchev–Trinajstić information content (AvgIpc) is 3.19. The minimum atomic E-state index is -3.36. The van der Waals surface area contributed by atoms with E-state index in [4.69, 9.17) is 11.6 Å². The lowest BCUT2D eigenvalue weighted by Crippen LogP contribution is -2.32. The number of carbonyl (C=O) groups is 1. The first-order chi connectivity index (χ1) is 11.8. The fourth-order valence-corrected chi connectivity index (χ4v) is 4.73. The van der Waals surface area contributed by atoms with Crippen LogP contribution in [0.3, 0.4) is 0 Å². The van der Waals surface area contributed by atoms with Crippen molar-refractivity contribution in [3.8, 4) is 0 Å². The van der Waals surface area contributed by atoms with E-state index >= 15 is 0 Å². The van der Waals surface area contributed by atoms with Gasteiger partial charge in [-0.05, 0) is 49.0 Å². The Balaban J connectivity index is 1.70. The average molecular weight is 399 g/mol. The van der Waals surface area contributed by atoms with Crippen molar-refractivity contribution in [2.45, 2.75) is 23.8 Å². The van der Waals surface area contributed by atoms with E-state index in [0.29, 0.717) is 10.7 Å². The first-order valence-electron chi connectivity index (χ1n) is 7.91. The van der Waals surface area contributed by atoms with Gasteiger partial charge in [-0.25, -0.2) is 8.42 Å². The second-order valence-corrected chi connectivity index (χ2v) is 9.51. The van der Waals surface area contributed by atoms with E-state index in [1.165, 1.54) is 23.1 Å². The van der Waals surface area contributed by atoms with Crippen LogP contribution in [0.1, 0.15) is 23.8 Å². The lowest BCUT2D eigenvalue weighted by atomic mass is 10.2. The van der Waals surface area contributed by atoms with Gasteiger partial charge < -0.3 is 5.32 Å². The summed E-state index contributed by atoms with van der Waals surface area (Å²) < 4.78 is 23.3. The summed E-state index contributed by atoms with van der Waals surface area (Å²) in [6.07, 6.45) is 3.22. The fourth-order valence-electron chi connectivity index (χ4n) is 3.02. The summed E-state index contributed by atoms with van der Waals surface area (Å²) in [5.41, 5.74) is 0.321. The van der Waals surface area contributed by atoms with Crippen molar-refractivity contribution in [2.24, 2.45) is 0 Å². The molecule has 1 aromatic heterocycles. The Morgan fingerprint density at radius 2 is 2.20 bits per heavy atom. The summed E-state index contributed by atoms with van der Waals surface area (Å²) in [6, 6.07) is 8.70. The highest BCUT2D eigenvalue weighted by Crippen LogP contribution is 2.34. The highest BCUT2D eigenvalue weighted by Gasteiger charge is 2.28. The number of carbonyl (C=O) groups excluding carboxylic acids is 1. The predicted octanol–water partition coefficient (Wildman–Crippen LogP) is 3.58. The van der Waals surface area contributed by atoms with Crippen LogP contribution in [0.15, 0.2) is 40.6 Å². The number of thiophene rings is 1. The third-order valence-corrected chi connectivity index (χ3v) is 6.64. The molecule has 25 heavy (non-hydrogen) atoms. The van der Waals surface area contributed by atoms with Gasteiger partial charge in [0.25, 0.3) is 0 Å². The number of likely N-dealkylation sites (tertiary alicyclic amines) is 1. The molecule has 1 amide bonds. The molecule has 0 aliphatic carbocycles. The van der Waals surface area contributed by atoms with Crippen LogP contribution in [0.2, 0.25) is 5.02 Å². The molecule has 0 bridgehead atoms. The summed E-state index contributed by atoms with van der Waals surface area (Å²) >= 11 is 7.80. The molecule has 1 aromatic carbocycles. The first-order valence-corrected chi connectivity index (χ1v) is 11.1. The molecule has 8 heteroatoms. The number of anilines is 1. The van der Waals surface area contributed by atoms with Gasteiger partial charge in [-0.3, -0.25) is 9.69 Å². The van der Waals surface area contributed by atoms with Crippen LogP contribution in [-0.4, -0.2) is 38.6 Å². The molecular weight excluding hydrogens is 380 g/mol. The lowest BCUT2D eigenvalue weighted by molar-refractivity contribution is -0.117. The SMILES string of the molecule is CS(=O)(=O)c1ccc(Cl)c(NC(=O)CN2CCCC2c2cccs2)c1. The lowest BCUT2D eigenvalue weighted by Gasteiger charge is -2.23. The number of rotatable bonds is 5. The first kappa shape index (κ1) is 18.4. The molecule has 1 unspecified atom stereocenters.